The average molecular weight is 354 g/mol. The Bertz CT molecular complexity index is 858. The molecular formula is C19H22N4OS. The Kier molecular flexibility index (Phi) is 4.81. The molecule has 2 aromatic heterocycles. The first-order valence-corrected chi connectivity index (χ1v) is 9.14. The molecule has 1 aromatic carbocycles. The van der Waals surface area contributed by atoms with Gasteiger partial charge in [0.15, 0.2) is 16.8 Å². The number of aromatic amines is 1. The molecule has 0 saturated heterocycles. The van der Waals surface area contributed by atoms with Gasteiger partial charge in [-0.05, 0) is 23.1 Å². The van der Waals surface area contributed by atoms with Gasteiger partial charge in [0.25, 0.3) is 0 Å². The topological polar surface area (TPSA) is 63.6 Å². The van der Waals surface area contributed by atoms with Crippen LogP contribution in [0.4, 0.5) is 0 Å². The van der Waals surface area contributed by atoms with Crippen molar-refractivity contribution in [2.75, 3.05) is 5.75 Å². The molecule has 0 atom stereocenters. The van der Waals surface area contributed by atoms with Gasteiger partial charge in [0, 0.05) is 18.8 Å². The van der Waals surface area contributed by atoms with Gasteiger partial charge in [-0.3, -0.25) is 4.79 Å². The molecule has 0 bridgehead atoms. The van der Waals surface area contributed by atoms with Gasteiger partial charge in [-0.1, -0.05) is 56.8 Å². The number of aromatic nitrogens is 4. The summed E-state index contributed by atoms with van der Waals surface area (Å²) in [7, 11) is 1.93. The average Bonchev–Trinajstić information content (AvgIpc) is 3.22. The Morgan fingerprint density at radius 3 is 2.48 bits per heavy atom. The highest BCUT2D eigenvalue weighted by Gasteiger charge is 2.16. The van der Waals surface area contributed by atoms with Gasteiger partial charge < -0.3 is 9.55 Å². The molecule has 2 heterocycles. The fourth-order valence-corrected chi connectivity index (χ4v) is 3.32. The molecule has 3 rings (SSSR count). The summed E-state index contributed by atoms with van der Waals surface area (Å²) in [5.41, 5.74) is 3.04. The Balaban J connectivity index is 1.74. The van der Waals surface area contributed by atoms with E-state index < -0.39 is 0 Å². The number of ketones is 1. The van der Waals surface area contributed by atoms with Crippen LogP contribution < -0.4 is 0 Å². The highest BCUT2D eigenvalue weighted by molar-refractivity contribution is 7.99. The van der Waals surface area contributed by atoms with Crippen LogP contribution in [0.25, 0.3) is 11.4 Å². The van der Waals surface area contributed by atoms with Gasteiger partial charge in [0.05, 0.1) is 11.4 Å². The lowest BCUT2D eigenvalue weighted by molar-refractivity contribution is 0.101. The number of nitrogens with zero attached hydrogens (tertiary/aromatic N) is 3. The number of nitrogens with one attached hydrogen (secondary N) is 1. The highest BCUT2D eigenvalue weighted by atomic mass is 32.2. The summed E-state index contributed by atoms with van der Waals surface area (Å²) in [5.74, 6) is 1.18. The highest BCUT2D eigenvalue weighted by Crippen LogP contribution is 2.27. The Morgan fingerprint density at radius 2 is 1.88 bits per heavy atom. The van der Waals surface area contributed by atoms with Crippen LogP contribution in [0.5, 0.6) is 0 Å². The fraction of sp³-hybridized carbons (Fsp3) is 0.316. The van der Waals surface area contributed by atoms with E-state index >= 15 is 0 Å². The van der Waals surface area contributed by atoms with E-state index in [2.05, 4.69) is 60.2 Å². The van der Waals surface area contributed by atoms with E-state index in [9.17, 15) is 4.79 Å². The number of hydrogen-bond donors (Lipinski definition) is 1. The van der Waals surface area contributed by atoms with Crippen LogP contribution in [0.3, 0.4) is 0 Å². The van der Waals surface area contributed by atoms with Gasteiger partial charge in [0.2, 0.25) is 0 Å². The third kappa shape index (κ3) is 3.85. The molecule has 0 radical (unpaired) electrons. The summed E-state index contributed by atoms with van der Waals surface area (Å²) in [6.07, 6.45) is 1.75. The lowest BCUT2D eigenvalue weighted by Crippen LogP contribution is -2.10. The molecule has 130 valence electrons. The number of hydrogen-bond acceptors (Lipinski definition) is 4. The molecule has 0 aliphatic rings. The van der Waals surface area contributed by atoms with E-state index in [0.717, 1.165) is 16.5 Å². The van der Waals surface area contributed by atoms with Gasteiger partial charge in [-0.2, -0.15) is 0 Å². The minimum Gasteiger partial charge on any atom is -0.359 e. The molecule has 0 unspecified atom stereocenters. The molecule has 0 aliphatic carbocycles. The van der Waals surface area contributed by atoms with Crippen LogP contribution >= 0.6 is 11.8 Å². The molecule has 0 fully saturated rings. The third-order valence-corrected chi connectivity index (χ3v) is 5.09. The number of carbonyl (C=O) groups is 1. The van der Waals surface area contributed by atoms with Crippen molar-refractivity contribution in [3.05, 3.63) is 53.9 Å². The van der Waals surface area contributed by atoms with Crippen molar-refractivity contribution in [3.63, 3.8) is 0 Å². The number of carbonyl (C=O) groups excluding carboxylic acids is 1. The van der Waals surface area contributed by atoms with Crippen molar-refractivity contribution in [1.29, 1.82) is 0 Å². The largest absolute Gasteiger partial charge is 0.359 e. The van der Waals surface area contributed by atoms with Crippen molar-refractivity contribution in [2.24, 2.45) is 7.05 Å². The van der Waals surface area contributed by atoms with Gasteiger partial charge >= 0.3 is 0 Å². The number of H-pyrrole nitrogens is 1. The van der Waals surface area contributed by atoms with Crippen LogP contribution in [-0.4, -0.2) is 31.3 Å². The van der Waals surface area contributed by atoms with Gasteiger partial charge in [0.1, 0.15) is 0 Å². The third-order valence-electron chi connectivity index (χ3n) is 4.07. The molecule has 1 N–H and O–H groups in total. The lowest BCUT2D eigenvalue weighted by Gasteiger charge is -2.19. The number of Topliss-reactive ketones (excluding diaryl/α,β-unsaturated/α-hetero) is 1. The van der Waals surface area contributed by atoms with Crippen molar-refractivity contribution in [1.82, 2.24) is 19.7 Å². The molecule has 5 nitrogen and oxygen atoms in total. The number of rotatable bonds is 5. The Hall–Kier alpha value is -2.34. The van der Waals surface area contributed by atoms with Crippen molar-refractivity contribution < 1.29 is 4.79 Å². The fourth-order valence-electron chi connectivity index (χ4n) is 2.52. The lowest BCUT2D eigenvalue weighted by atomic mass is 9.87. The molecule has 6 heteroatoms. The van der Waals surface area contributed by atoms with E-state index in [1.165, 1.54) is 17.3 Å². The van der Waals surface area contributed by atoms with Crippen LogP contribution in [0.2, 0.25) is 0 Å². The van der Waals surface area contributed by atoms with E-state index in [0.29, 0.717) is 11.4 Å². The Labute approximate surface area is 151 Å². The minimum atomic E-state index is 0.0501. The molecule has 3 aromatic rings. The minimum absolute atomic E-state index is 0.0501. The van der Waals surface area contributed by atoms with E-state index in [1.54, 1.807) is 12.3 Å². The van der Waals surface area contributed by atoms with Crippen LogP contribution in [0, 0.1) is 0 Å². The van der Waals surface area contributed by atoms with E-state index in [-0.39, 0.29) is 11.2 Å². The maximum absolute atomic E-state index is 12.1. The summed E-state index contributed by atoms with van der Waals surface area (Å²) in [5, 5.41) is 9.25. The standard InChI is InChI=1S/C19H22N4OS/c1-19(2,3)14-9-7-13(8-10-14)17-21-22-18(23(17)4)25-12-16(24)15-6-5-11-20-15/h5-11,20H,12H2,1-4H3. The maximum atomic E-state index is 12.1. The van der Waals surface area contributed by atoms with E-state index in [1.807, 2.05) is 17.7 Å². The van der Waals surface area contributed by atoms with E-state index in [4.69, 9.17) is 0 Å². The second kappa shape index (κ2) is 6.88. The predicted molar refractivity (Wildman–Crippen MR) is 101 cm³/mol. The van der Waals surface area contributed by atoms with Crippen LogP contribution in [0.15, 0.2) is 47.8 Å². The summed E-state index contributed by atoms with van der Waals surface area (Å²) >= 11 is 1.40. The molecule has 0 amide bonds. The zero-order valence-corrected chi connectivity index (χ0v) is 15.7. The summed E-state index contributed by atoms with van der Waals surface area (Å²) in [6, 6.07) is 12.0. The zero-order chi connectivity index (χ0) is 18.0. The number of thioether (sulfide) groups is 1. The quantitative estimate of drug-likeness (QED) is 0.554. The van der Waals surface area contributed by atoms with Crippen LogP contribution in [0.1, 0.15) is 36.8 Å². The first kappa shape index (κ1) is 17.5. The SMILES string of the molecule is Cn1c(SCC(=O)c2ccc[nH]2)nnc1-c1ccc(C(C)(C)C)cc1. The molecule has 0 saturated carbocycles. The predicted octanol–water partition coefficient (Wildman–Crippen LogP) is 4.08. The Morgan fingerprint density at radius 1 is 1.16 bits per heavy atom. The second-order valence-corrected chi connectivity index (χ2v) is 7.93. The summed E-state index contributed by atoms with van der Waals surface area (Å²) in [4.78, 5) is 15.0. The van der Waals surface area contributed by atoms with Gasteiger partial charge in [-0.15, -0.1) is 10.2 Å². The van der Waals surface area contributed by atoms with Crippen molar-refractivity contribution in [2.45, 2.75) is 31.3 Å². The molecule has 0 spiro atoms. The number of benzene rings is 1. The molecular weight excluding hydrogens is 332 g/mol. The van der Waals surface area contributed by atoms with Gasteiger partial charge in [-0.25, -0.2) is 0 Å². The van der Waals surface area contributed by atoms with Crippen molar-refractivity contribution >= 4 is 17.5 Å². The second-order valence-electron chi connectivity index (χ2n) is 6.99. The smallest absolute Gasteiger partial charge is 0.191 e. The van der Waals surface area contributed by atoms with Crippen molar-refractivity contribution in [3.8, 4) is 11.4 Å². The molecule has 25 heavy (non-hydrogen) atoms. The van der Waals surface area contributed by atoms with Crippen LogP contribution in [-0.2, 0) is 12.5 Å². The summed E-state index contributed by atoms with van der Waals surface area (Å²) in [6.45, 7) is 6.58. The zero-order valence-electron chi connectivity index (χ0n) is 14.9. The maximum Gasteiger partial charge on any atom is 0.191 e. The molecule has 0 aliphatic heterocycles. The summed E-state index contributed by atoms with van der Waals surface area (Å²) < 4.78 is 1.93. The monoisotopic (exact) mass is 354 g/mol. The first-order valence-electron chi connectivity index (χ1n) is 8.16. The normalized spacial score (nSPS) is 11.7. The first-order chi connectivity index (χ1) is 11.9.